The zero-order chi connectivity index (χ0) is 14.5. The van der Waals surface area contributed by atoms with Crippen LogP contribution in [0, 0.1) is 0 Å². The summed E-state index contributed by atoms with van der Waals surface area (Å²) >= 11 is 5.90. The normalized spacial score (nSPS) is 15.2. The van der Waals surface area contributed by atoms with Crippen molar-refractivity contribution in [3.05, 3.63) is 28.5 Å². The van der Waals surface area contributed by atoms with Crippen LogP contribution >= 0.6 is 11.6 Å². The molecule has 1 aliphatic carbocycles. The highest BCUT2D eigenvalue weighted by atomic mass is 35.5. The standard InChI is InChI=1S/C14H19ClN2O3/c1-20-14(19)12-7-10(8-16-13(12)15)9-17(5-6-18)11-3-2-4-11/h7-8,11,18H,2-6,9H2,1H3. The van der Waals surface area contributed by atoms with E-state index in [4.69, 9.17) is 16.7 Å². The minimum atomic E-state index is -0.485. The molecule has 0 saturated heterocycles. The van der Waals surface area contributed by atoms with Gasteiger partial charge in [-0.25, -0.2) is 9.78 Å². The molecule has 1 aromatic rings. The lowest BCUT2D eigenvalue weighted by Crippen LogP contribution is -2.41. The van der Waals surface area contributed by atoms with Crippen LogP contribution in [-0.2, 0) is 11.3 Å². The molecule has 0 aliphatic heterocycles. The van der Waals surface area contributed by atoms with E-state index in [-0.39, 0.29) is 17.3 Å². The second-order valence-corrected chi connectivity index (χ2v) is 5.31. The molecule has 2 rings (SSSR count). The number of rotatable bonds is 6. The van der Waals surface area contributed by atoms with Crippen molar-refractivity contribution in [1.29, 1.82) is 0 Å². The van der Waals surface area contributed by atoms with Crippen molar-refractivity contribution in [2.45, 2.75) is 31.8 Å². The Morgan fingerprint density at radius 2 is 2.35 bits per heavy atom. The lowest BCUT2D eigenvalue weighted by atomic mass is 9.91. The van der Waals surface area contributed by atoms with Gasteiger partial charge in [0.25, 0.3) is 0 Å². The zero-order valence-corrected chi connectivity index (χ0v) is 12.3. The minimum Gasteiger partial charge on any atom is -0.465 e. The molecule has 1 aromatic heterocycles. The Morgan fingerprint density at radius 1 is 1.60 bits per heavy atom. The summed E-state index contributed by atoms with van der Waals surface area (Å²) in [6.45, 7) is 1.40. The summed E-state index contributed by atoms with van der Waals surface area (Å²) < 4.78 is 4.69. The van der Waals surface area contributed by atoms with Crippen LogP contribution < -0.4 is 0 Å². The van der Waals surface area contributed by atoms with E-state index in [2.05, 4.69) is 14.6 Å². The maximum absolute atomic E-state index is 11.6. The van der Waals surface area contributed by atoms with E-state index in [0.29, 0.717) is 19.1 Å². The predicted octanol–water partition coefficient (Wildman–Crippen LogP) is 1.87. The summed E-state index contributed by atoms with van der Waals surface area (Å²) in [5.74, 6) is -0.485. The molecular weight excluding hydrogens is 280 g/mol. The van der Waals surface area contributed by atoms with Crippen molar-refractivity contribution < 1.29 is 14.6 Å². The fraction of sp³-hybridized carbons (Fsp3) is 0.571. The molecule has 1 heterocycles. The van der Waals surface area contributed by atoms with Gasteiger partial charge in [-0.05, 0) is 24.5 Å². The molecule has 0 radical (unpaired) electrons. The largest absolute Gasteiger partial charge is 0.465 e. The fourth-order valence-corrected chi connectivity index (χ4v) is 2.52. The van der Waals surface area contributed by atoms with Crippen molar-refractivity contribution in [3.8, 4) is 0 Å². The minimum absolute atomic E-state index is 0.126. The third-order valence-electron chi connectivity index (χ3n) is 3.66. The summed E-state index contributed by atoms with van der Waals surface area (Å²) in [5, 5.41) is 9.31. The Hall–Kier alpha value is -1.17. The van der Waals surface area contributed by atoms with E-state index in [0.717, 1.165) is 18.4 Å². The van der Waals surface area contributed by atoms with Gasteiger partial charge in [-0.3, -0.25) is 4.90 Å². The first-order valence-corrected chi connectivity index (χ1v) is 7.11. The average molecular weight is 299 g/mol. The van der Waals surface area contributed by atoms with Gasteiger partial charge in [0.15, 0.2) is 0 Å². The maximum atomic E-state index is 11.6. The monoisotopic (exact) mass is 298 g/mol. The van der Waals surface area contributed by atoms with E-state index in [1.165, 1.54) is 13.5 Å². The van der Waals surface area contributed by atoms with Gasteiger partial charge in [-0.1, -0.05) is 18.0 Å². The third-order valence-corrected chi connectivity index (χ3v) is 3.97. The van der Waals surface area contributed by atoms with Crippen LogP contribution in [0.3, 0.4) is 0 Å². The number of halogens is 1. The SMILES string of the molecule is COC(=O)c1cc(CN(CCO)C2CCC2)cnc1Cl. The molecule has 110 valence electrons. The van der Waals surface area contributed by atoms with Crippen molar-refractivity contribution in [2.75, 3.05) is 20.3 Å². The smallest absolute Gasteiger partial charge is 0.341 e. The van der Waals surface area contributed by atoms with Crippen molar-refractivity contribution >= 4 is 17.6 Å². The second kappa shape index (κ2) is 7.02. The number of methoxy groups -OCH3 is 1. The molecule has 1 aliphatic rings. The highest BCUT2D eigenvalue weighted by Crippen LogP contribution is 2.26. The molecule has 0 atom stereocenters. The van der Waals surface area contributed by atoms with Crippen LogP contribution in [0.4, 0.5) is 0 Å². The first kappa shape index (κ1) is 15.2. The number of aliphatic hydroxyl groups excluding tert-OH is 1. The molecule has 1 saturated carbocycles. The van der Waals surface area contributed by atoms with E-state index in [1.54, 1.807) is 12.3 Å². The topological polar surface area (TPSA) is 62.7 Å². The quantitative estimate of drug-likeness (QED) is 0.642. The summed E-state index contributed by atoms with van der Waals surface area (Å²) in [4.78, 5) is 17.9. The summed E-state index contributed by atoms with van der Waals surface area (Å²) in [7, 11) is 1.32. The molecule has 5 nitrogen and oxygen atoms in total. The van der Waals surface area contributed by atoms with Gasteiger partial charge in [0, 0.05) is 25.3 Å². The lowest BCUT2D eigenvalue weighted by Gasteiger charge is -2.37. The Bertz CT molecular complexity index is 477. The van der Waals surface area contributed by atoms with E-state index < -0.39 is 5.97 Å². The molecular formula is C14H19ClN2O3. The number of carbonyl (C=O) groups is 1. The van der Waals surface area contributed by atoms with Gasteiger partial charge in [0.2, 0.25) is 0 Å². The Morgan fingerprint density at radius 3 is 2.90 bits per heavy atom. The van der Waals surface area contributed by atoms with Gasteiger partial charge >= 0.3 is 5.97 Å². The van der Waals surface area contributed by atoms with Gasteiger partial charge in [-0.15, -0.1) is 0 Å². The molecule has 0 bridgehead atoms. The van der Waals surface area contributed by atoms with E-state index in [9.17, 15) is 4.79 Å². The number of pyridine rings is 1. The predicted molar refractivity (Wildman–Crippen MR) is 75.7 cm³/mol. The number of hydrogen-bond donors (Lipinski definition) is 1. The fourth-order valence-electron chi connectivity index (χ4n) is 2.34. The van der Waals surface area contributed by atoms with Gasteiger partial charge in [0.05, 0.1) is 19.3 Å². The average Bonchev–Trinajstić information content (AvgIpc) is 2.38. The third kappa shape index (κ3) is 3.48. The van der Waals surface area contributed by atoms with Crippen LogP contribution in [0.25, 0.3) is 0 Å². The molecule has 0 unspecified atom stereocenters. The molecule has 1 N–H and O–H groups in total. The van der Waals surface area contributed by atoms with Crippen molar-refractivity contribution in [2.24, 2.45) is 0 Å². The first-order valence-electron chi connectivity index (χ1n) is 6.73. The molecule has 0 aromatic carbocycles. The van der Waals surface area contributed by atoms with Crippen LogP contribution in [-0.4, -0.2) is 47.3 Å². The molecule has 0 spiro atoms. The van der Waals surface area contributed by atoms with Crippen LogP contribution in [0.2, 0.25) is 5.15 Å². The maximum Gasteiger partial charge on any atom is 0.341 e. The van der Waals surface area contributed by atoms with Crippen LogP contribution in [0.1, 0.15) is 35.2 Å². The van der Waals surface area contributed by atoms with Crippen molar-refractivity contribution in [1.82, 2.24) is 9.88 Å². The van der Waals surface area contributed by atoms with Gasteiger partial charge in [0.1, 0.15) is 5.15 Å². The zero-order valence-electron chi connectivity index (χ0n) is 11.5. The second-order valence-electron chi connectivity index (χ2n) is 4.95. The molecule has 6 heteroatoms. The van der Waals surface area contributed by atoms with Gasteiger partial charge < -0.3 is 9.84 Å². The van der Waals surface area contributed by atoms with Crippen LogP contribution in [0.15, 0.2) is 12.3 Å². The Balaban J connectivity index is 2.12. The molecule has 0 amide bonds. The Labute approximate surface area is 123 Å². The molecule has 1 fully saturated rings. The summed E-state index contributed by atoms with van der Waals surface area (Å²) in [6.07, 6.45) is 5.21. The van der Waals surface area contributed by atoms with Gasteiger partial charge in [-0.2, -0.15) is 0 Å². The first-order chi connectivity index (χ1) is 9.65. The highest BCUT2D eigenvalue weighted by Gasteiger charge is 2.25. The molecule has 20 heavy (non-hydrogen) atoms. The van der Waals surface area contributed by atoms with Crippen LogP contribution in [0.5, 0.6) is 0 Å². The highest BCUT2D eigenvalue weighted by molar-refractivity contribution is 6.32. The number of nitrogens with zero attached hydrogens (tertiary/aromatic N) is 2. The van der Waals surface area contributed by atoms with Crippen molar-refractivity contribution in [3.63, 3.8) is 0 Å². The summed E-state index contributed by atoms with van der Waals surface area (Å²) in [6, 6.07) is 2.23. The number of aliphatic hydroxyl groups is 1. The van der Waals surface area contributed by atoms with E-state index in [1.807, 2.05) is 0 Å². The number of esters is 1. The Kier molecular flexibility index (Phi) is 5.34. The summed E-state index contributed by atoms with van der Waals surface area (Å²) in [5.41, 5.74) is 1.18. The number of aromatic nitrogens is 1. The number of carbonyl (C=O) groups excluding carboxylic acids is 1. The lowest BCUT2D eigenvalue weighted by molar-refractivity contribution is 0.0599. The number of hydrogen-bond acceptors (Lipinski definition) is 5. The number of ether oxygens (including phenoxy) is 1. The van der Waals surface area contributed by atoms with E-state index >= 15 is 0 Å².